The molecule has 0 saturated heterocycles. The van der Waals surface area contributed by atoms with Gasteiger partial charge in [0, 0.05) is 24.9 Å². The van der Waals surface area contributed by atoms with Crippen LogP contribution in [0.15, 0.2) is 42.4 Å². The predicted molar refractivity (Wildman–Crippen MR) is 92.9 cm³/mol. The van der Waals surface area contributed by atoms with Crippen molar-refractivity contribution in [1.29, 1.82) is 0 Å². The van der Waals surface area contributed by atoms with Gasteiger partial charge in [-0.05, 0) is 38.3 Å². The van der Waals surface area contributed by atoms with Crippen molar-refractivity contribution in [3.05, 3.63) is 53.9 Å². The minimum atomic E-state index is -0.0186. The lowest BCUT2D eigenvalue weighted by atomic mass is 10.1. The van der Waals surface area contributed by atoms with E-state index in [1.165, 1.54) is 0 Å². The second kappa shape index (κ2) is 6.70. The highest BCUT2D eigenvalue weighted by Crippen LogP contribution is 2.29. The first-order chi connectivity index (χ1) is 12.2. The van der Waals surface area contributed by atoms with E-state index in [0.717, 1.165) is 48.6 Å². The molecule has 130 valence electrons. The molecule has 3 heterocycles. The molecule has 0 spiro atoms. The van der Waals surface area contributed by atoms with Gasteiger partial charge in [-0.2, -0.15) is 0 Å². The molecule has 1 atom stereocenters. The number of nitrogens with zero attached hydrogens (tertiary/aromatic N) is 4. The van der Waals surface area contributed by atoms with E-state index in [2.05, 4.69) is 27.5 Å². The van der Waals surface area contributed by atoms with Crippen LogP contribution in [0.5, 0.6) is 5.75 Å². The summed E-state index contributed by atoms with van der Waals surface area (Å²) in [5.74, 6) is 1.85. The molecule has 4 rings (SSSR count). The van der Waals surface area contributed by atoms with Gasteiger partial charge in [0.1, 0.15) is 18.2 Å². The second-order valence-electron chi connectivity index (χ2n) is 6.53. The molecule has 0 aromatic carbocycles. The Hall–Kier alpha value is -2.63. The van der Waals surface area contributed by atoms with Crippen LogP contribution < -0.4 is 4.74 Å². The van der Waals surface area contributed by atoms with Crippen LogP contribution in [0.2, 0.25) is 0 Å². The van der Waals surface area contributed by atoms with E-state index >= 15 is 0 Å². The van der Waals surface area contributed by atoms with Gasteiger partial charge in [0.2, 0.25) is 5.91 Å². The normalized spacial score (nSPS) is 19.5. The number of fused-ring (bicyclic) bond motifs is 1. The summed E-state index contributed by atoms with van der Waals surface area (Å²) < 4.78 is 7.97. The summed E-state index contributed by atoms with van der Waals surface area (Å²) in [4.78, 5) is 23.3. The molecule has 1 aliphatic heterocycles. The van der Waals surface area contributed by atoms with E-state index in [4.69, 9.17) is 4.74 Å². The van der Waals surface area contributed by atoms with Gasteiger partial charge in [-0.1, -0.05) is 6.08 Å². The van der Waals surface area contributed by atoms with Crippen LogP contribution in [0.4, 0.5) is 0 Å². The highest BCUT2D eigenvalue weighted by Gasteiger charge is 2.32. The number of amides is 1. The van der Waals surface area contributed by atoms with Crippen LogP contribution in [0.25, 0.3) is 0 Å². The smallest absolute Gasteiger partial charge is 0.250 e. The zero-order chi connectivity index (χ0) is 17.2. The predicted octanol–water partition coefficient (Wildman–Crippen LogP) is 2.87. The monoisotopic (exact) mass is 338 g/mol. The molecule has 1 aliphatic carbocycles. The van der Waals surface area contributed by atoms with Crippen LogP contribution in [0, 0.1) is 0 Å². The molecule has 0 fully saturated rings. The third-order valence-electron chi connectivity index (χ3n) is 4.97. The molecule has 25 heavy (non-hydrogen) atoms. The third-order valence-corrected chi connectivity index (χ3v) is 4.97. The number of rotatable bonds is 4. The third kappa shape index (κ3) is 3.04. The molecule has 0 bridgehead atoms. The molecule has 2 aliphatic rings. The molecule has 0 unspecified atom stereocenters. The summed E-state index contributed by atoms with van der Waals surface area (Å²) in [6.45, 7) is 3.96. The lowest BCUT2D eigenvalue weighted by Gasteiger charge is -2.34. The van der Waals surface area contributed by atoms with Gasteiger partial charge in [0.05, 0.1) is 24.1 Å². The van der Waals surface area contributed by atoms with Crippen molar-refractivity contribution < 1.29 is 9.53 Å². The Bertz CT molecular complexity index is 797. The molecule has 0 saturated carbocycles. The van der Waals surface area contributed by atoms with E-state index in [1.54, 1.807) is 12.4 Å². The van der Waals surface area contributed by atoms with Gasteiger partial charge in [-0.15, -0.1) is 0 Å². The van der Waals surface area contributed by atoms with E-state index in [-0.39, 0.29) is 11.9 Å². The van der Waals surface area contributed by atoms with Crippen molar-refractivity contribution in [2.75, 3.05) is 6.54 Å². The first kappa shape index (κ1) is 15.9. The van der Waals surface area contributed by atoms with Crippen LogP contribution in [0.1, 0.15) is 43.7 Å². The Balaban J connectivity index is 1.48. The quantitative estimate of drug-likeness (QED) is 0.860. The maximum Gasteiger partial charge on any atom is 0.250 e. The topological polar surface area (TPSA) is 60.3 Å². The molecule has 0 radical (unpaired) electrons. The fourth-order valence-corrected chi connectivity index (χ4v) is 3.59. The summed E-state index contributed by atoms with van der Waals surface area (Å²) in [5.41, 5.74) is 1.99. The Kier molecular flexibility index (Phi) is 4.26. The Labute approximate surface area is 147 Å². The standard InChI is InChI=1S/C19H22N4O2/c1-14-18-21-11-16(13-25-17-7-4-8-20-12-17)23(18)10-9-22(14)19(24)15-5-2-3-6-15/h4-5,7-8,11-12,14H,2-3,6,9-10,13H2,1H3/t14-/m0/s1. The first-order valence-corrected chi connectivity index (χ1v) is 8.81. The summed E-state index contributed by atoms with van der Waals surface area (Å²) in [7, 11) is 0. The van der Waals surface area contributed by atoms with Crippen molar-refractivity contribution in [3.8, 4) is 5.75 Å². The lowest BCUT2D eigenvalue weighted by Crippen LogP contribution is -2.42. The number of ether oxygens (including phenoxy) is 1. The molecule has 6 nitrogen and oxygen atoms in total. The van der Waals surface area contributed by atoms with Crippen molar-refractivity contribution in [2.45, 2.75) is 45.4 Å². The van der Waals surface area contributed by atoms with Crippen LogP contribution in [0.3, 0.4) is 0 Å². The van der Waals surface area contributed by atoms with Crippen LogP contribution >= 0.6 is 0 Å². The van der Waals surface area contributed by atoms with Crippen LogP contribution in [-0.4, -0.2) is 31.9 Å². The van der Waals surface area contributed by atoms with Crippen molar-refractivity contribution in [1.82, 2.24) is 19.4 Å². The SMILES string of the molecule is C[C@H]1c2ncc(COc3cccnc3)n2CCN1C(=O)C1=CCCC1. The summed E-state index contributed by atoms with van der Waals surface area (Å²) in [6, 6.07) is 3.72. The molecule has 2 aromatic heterocycles. The maximum absolute atomic E-state index is 12.7. The number of aromatic nitrogens is 3. The van der Waals surface area contributed by atoms with Crippen molar-refractivity contribution >= 4 is 5.91 Å². The highest BCUT2D eigenvalue weighted by molar-refractivity contribution is 5.94. The van der Waals surface area contributed by atoms with Crippen molar-refractivity contribution in [2.24, 2.45) is 0 Å². The molecule has 2 aromatic rings. The van der Waals surface area contributed by atoms with Gasteiger partial charge in [0.25, 0.3) is 0 Å². The van der Waals surface area contributed by atoms with Crippen molar-refractivity contribution in [3.63, 3.8) is 0 Å². The molecule has 1 amide bonds. The number of carbonyl (C=O) groups is 1. The maximum atomic E-state index is 12.7. The van der Waals surface area contributed by atoms with Gasteiger partial charge in [0.15, 0.2) is 0 Å². The second-order valence-corrected chi connectivity index (χ2v) is 6.53. The Morgan fingerprint density at radius 3 is 3.04 bits per heavy atom. The number of hydrogen-bond donors (Lipinski definition) is 0. The summed E-state index contributed by atoms with van der Waals surface area (Å²) in [5, 5.41) is 0. The fraction of sp³-hybridized carbons (Fsp3) is 0.421. The van der Waals surface area contributed by atoms with Gasteiger partial charge >= 0.3 is 0 Å². The molecular formula is C19H22N4O2. The van der Waals surface area contributed by atoms with E-state index in [9.17, 15) is 4.79 Å². The minimum Gasteiger partial charge on any atom is -0.486 e. The number of hydrogen-bond acceptors (Lipinski definition) is 4. The summed E-state index contributed by atoms with van der Waals surface area (Å²) in [6.07, 6.45) is 10.4. The molecule has 0 N–H and O–H groups in total. The summed E-state index contributed by atoms with van der Waals surface area (Å²) >= 11 is 0. The van der Waals surface area contributed by atoms with E-state index in [0.29, 0.717) is 13.2 Å². The molecule has 6 heteroatoms. The number of imidazole rings is 1. The largest absolute Gasteiger partial charge is 0.486 e. The van der Waals surface area contributed by atoms with Gasteiger partial charge < -0.3 is 14.2 Å². The highest BCUT2D eigenvalue weighted by atomic mass is 16.5. The minimum absolute atomic E-state index is 0.0186. The fourth-order valence-electron chi connectivity index (χ4n) is 3.59. The van der Waals surface area contributed by atoms with Gasteiger partial charge in [-0.25, -0.2) is 4.98 Å². The zero-order valence-corrected chi connectivity index (χ0v) is 14.4. The first-order valence-electron chi connectivity index (χ1n) is 8.81. The number of allylic oxidation sites excluding steroid dienone is 1. The number of pyridine rings is 1. The van der Waals surface area contributed by atoms with E-state index < -0.39 is 0 Å². The molecular weight excluding hydrogens is 316 g/mol. The average molecular weight is 338 g/mol. The Morgan fingerprint density at radius 2 is 2.28 bits per heavy atom. The average Bonchev–Trinajstić information content (AvgIpc) is 3.31. The lowest BCUT2D eigenvalue weighted by molar-refractivity contribution is -0.130. The van der Waals surface area contributed by atoms with Crippen LogP contribution in [-0.2, 0) is 17.9 Å². The van der Waals surface area contributed by atoms with Gasteiger partial charge in [-0.3, -0.25) is 9.78 Å². The Morgan fingerprint density at radius 1 is 1.36 bits per heavy atom. The number of carbonyl (C=O) groups excluding carboxylic acids is 1. The zero-order valence-electron chi connectivity index (χ0n) is 14.4. The van der Waals surface area contributed by atoms with E-state index in [1.807, 2.05) is 23.2 Å².